The van der Waals surface area contributed by atoms with Gasteiger partial charge in [-0.15, -0.1) is 11.3 Å². The number of rotatable bonds is 6. The molecule has 5 nitrogen and oxygen atoms in total. The van der Waals surface area contributed by atoms with Gasteiger partial charge >= 0.3 is 5.97 Å². The Morgan fingerprint density at radius 1 is 1.32 bits per heavy atom. The number of hydrogen-bond donors (Lipinski definition) is 1. The molecule has 2 atom stereocenters. The molecule has 0 saturated carbocycles. The SMILES string of the molecule is CCOC(=O)c1c(-c2ccccc2)csc1NC(=O)C(C)N1CCCC(C)C1. The zero-order valence-electron chi connectivity index (χ0n) is 16.7. The van der Waals surface area contributed by atoms with Crippen LogP contribution in [0.1, 0.15) is 44.0 Å². The van der Waals surface area contributed by atoms with E-state index in [1.54, 1.807) is 6.92 Å². The highest BCUT2D eigenvalue weighted by molar-refractivity contribution is 7.15. The van der Waals surface area contributed by atoms with Crippen molar-refractivity contribution in [2.24, 2.45) is 5.92 Å². The van der Waals surface area contributed by atoms with E-state index in [9.17, 15) is 9.59 Å². The highest BCUT2D eigenvalue weighted by Crippen LogP contribution is 2.36. The zero-order valence-corrected chi connectivity index (χ0v) is 17.6. The number of hydrogen-bond acceptors (Lipinski definition) is 5. The van der Waals surface area contributed by atoms with Crippen LogP contribution in [0.25, 0.3) is 11.1 Å². The number of piperidine rings is 1. The Bertz CT molecular complexity index is 818. The van der Waals surface area contributed by atoms with Crippen molar-refractivity contribution in [1.82, 2.24) is 4.90 Å². The standard InChI is InChI=1S/C22H28N2O3S/c1-4-27-22(26)19-18(17-10-6-5-7-11-17)14-28-21(19)23-20(25)16(3)24-12-8-9-15(2)13-24/h5-7,10-11,14-16H,4,8-9,12-13H2,1-3H3,(H,23,25). The lowest BCUT2D eigenvalue weighted by molar-refractivity contribution is -0.121. The first-order valence-electron chi connectivity index (χ1n) is 9.90. The second kappa shape index (κ2) is 9.34. The molecular weight excluding hydrogens is 372 g/mol. The summed E-state index contributed by atoms with van der Waals surface area (Å²) in [6.45, 7) is 8.09. The monoisotopic (exact) mass is 400 g/mol. The van der Waals surface area contributed by atoms with Gasteiger partial charge in [-0.05, 0) is 44.7 Å². The Morgan fingerprint density at radius 2 is 2.07 bits per heavy atom. The molecule has 0 aliphatic carbocycles. The number of nitrogens with one attached hydrogen (secondary N) is 1. The molecule has 0 bridgehead atoms. The van der Waals surface area contributed by atoms with Gasteiger partial charge in [-0.2, -0.15) is 0 Å². The van der Waals surface area contributed by atoms with Crippen molar-refractivity contribution in [2.45, 2.75) is 39.7 Å². The minimum atomic E-state index is -0.405. The van der Waals surface area contributed by atoms with Gasteiger partial charge in [0.1, 0.15) is 10.6 Å². The second-order valence-electron chi connectivity index (χ2n) is 7.35. The fourth-order valence-corrected chi connectivity index (χ4v) is 4.61. The van der Waals surface area contributed by atoms with E-state index in [-0.39, 0.29) is 11.9 Å². The second-order valence-corrected chi connectivity index (χ2v) is 8.23. The maximum absolute atomic E-state index is 12.9. The van der Waals surface area contributed by atoms with Crippen LogP contribution in [0.4, 0.5) is 5.00 Å². The maximum Gasteiger partial charge on any atom is 0.341 e. The highest BCUT2D eigenvalue weighted by atomic mass is 32.1. The molecular formula is C22H28N2O3S. The van der Waals surface area contributed by atoms with Crippen LogP contribution in [-0.2, 0) is 9.53 Å². The number of likely N-dealkylation sites (tertiary alicyclic amines) is 1. The zero-order chi connectivity index (χ0) is 20.1. The van der Waals surface area contributed by atoms with Crippen LogP contribution in [0.5, 0.6) is 0 Å². The minimum Gasteiger partial charge on any atom is -0.462 e. The molecule has 0 spiro atoms. The van der Waals surface area contributed by atoms with E-state index in [1.807, 2.05) is 42.6 Å². The third kappa shape index (κ3) is 4.62. The van der Waals surface area contributed by atoms with Crippen molar-refractivity contribution >= 4 is 28.2 Å². The van der Waals surface area contributed by atoms with E-state index in [2.05, 4.69) is 17.1 Å². The minimum absolute atomic E-state index is 0.0823. The summed E-state index contributed by atoms with van der Waals surface area (Å²) in [5.74, 6) is 0.115. The third-order valence-corrected chi connectivity index (χ3v) is 6.10. The predicted octanol–water partition coefficient (Wildman–Crippen LogP) is 4.65. The Balaban J connectivity index is 1.84. The molecule has 2 aromatic rings. The smallest absolute Gasteiger partial charge is 0.341 e. The summed E-state index contributed by atoms with van der Waals surface area (Å²) in [6.07, 6.45) is 2.33. The number of amides is 1. The number of ether oxygens (including phenoxy) is 1. The van der Waals surface area contributed by atoms with Crippen molar-refractivity contribution in [3.63, 3.8) is 0 Å². The Labute approximate surface area is 170 Å². The number of nitrogens with zero attached hydrogens (tertiary/aromatic N) is 1. The summed E-state index contributed by atoms with van der Waals surface area (Å²) in [5.41, 5.74) is 2.16. The van der Waals surface area contributed by atoms with Crippen LogP contribution in [0, 0.1) is 5.92 Å². The Hall–Kier alpha value is -2.18. The summed E-state index contributed by atoms with van der Waals surface area (Å²) < 4.78 is 5.27. The first-order chi connectivity index (χ1) is 13.5. The molecule has 0 radical (unpaired) electrons. The van der Waals surface area contributed by atoms with Crippen LogP contribution in [-0.4, -0.2) is 42.5 Å². The number of thiophene rings is 1. The molecule has 1 aromatic heterocycles. The molecule has 1 aliphatic rings. The fraction of sp³-hybridized carbons (Fsp3) is 0.455. The van der Waals surface area contributed by atoms with E-state index in [0.717, 1.165) is 30.6 Å². The molecule has 28 heavy (non-hydrogen) atoms. The molecule has 1 saturated heterocycles. The van der Waals surface area contributed by atoms with Gasteiger partial charge in [0, 0.05) is 17.5 Å². The molecule has 2 unspecified atom stereocenters. The summed E-state index contributed by atoms with van der Waals surface area (Å²) in [4.78, 5) is 27.8. The summed E-state index contributed by atoms with van der Waals surface area (Å²) in [7, 11) is 0. The van der Waals surface area contributed by atoms with Gasteiger partial charge in [0.25, 0.3) is 0 Å². The molecule has 1 aromatic carbocycles. The first-order valence-corrected chi connectivity index (χ1v) is 10.8. The average molecular weight is 401 g/mol. The molecule has 150 valence electrons. The summed E-state index contributed by atoms with van der Waals surface area (Å²) in [6, 6.07) is 9.46. The number of carbonyl (C=O) groups is 2. The van der Waals surface area contributed by atoms with Crippen molar-refractivity contribution in [3.8, 4) is 11.1 Å². The first kappa shape index (κ1) is 20.6. The van der Waals surface area contributed by atoms with E-state index in [1.165, 1.54) is 17.8 Å². The van der Waals surface area contributed by atoms with Gasteiger partial charge < -0.3 is 10.1 Å². The lowest BCUT2D eigenvalue weighted by Gasteiger charge is -2.34. The van der Waals surface area contributed by atoms with E-state index in [0.29, 0.717) is 23.1 Å². The van der Waals surface area contributed by atoms with Gasteiger partial charge in [0.2, 0.25) is 5.91 Å². The van der Waals surface area contributed by atoms with Crippen LogP contribution >= 0.6 is 11.3 Å². The lowest BCUT2D eigenvalue weighted by Crippen LogP contribution is -2.46. The highest BCUT2D eigenvalue weighted by Gasteiger charge is 2.28. The molecule has 1 aliphatic heterocycles. The van der Waals surface area contributed by atoms with E-state index in [4.69, 9.17) is 4.74 Å². The van der Waals surface area contributed by atoms with Gasteiger partial charge in [-0.3, -0.25) is 9.69 Å². The fourth-order valence-electron chi connectivity index (χ4n) is 3.65. The normalized spacial score (nSPS) is 18.5. The molecule has 3 rings (SSSR count). The quantitative estimate of drug-likeness (QED) is 0.717. The van der Waals surface area contributed by atoms with E-state index >= 15 is 0 Å². The molecule has 1 N–H and O–H groups in total. The Morgan fingerprint density at radius 3 is 2.75 bits per heavy atom. The predicted molar refractivity (Wildman–Crippen MR) is 114 cm³/mol. The summed E-state index contributed by atoms with van der Waals surface area (Å²) in [5, 5.41) is 5.45. The van der Waals surface area contributed by atoms with Crippen LogP contribution < -0.4 is 5.32 Å². The van der Waals surface area contributed by atoms with Gasteiger partial charge in [-0.25, -0.2) is 4.79 Å². The van der Waals surface area contributed by atoms with Crippen molar-refractivity contribution in [1.29, 1.82) is 0 Å². The average Bonchev–Trinajstić information content (AvgIpc) is 3.11. The lowest BCUT2D eigenvalue weighted by atomic mass is 9.99. The van der Waals surface area contributed by atoms with Crippen LogP contribution in [0.2, 0.25) is 0 Å². The number of esters is 1. The summed E-state index contributed by atoms with van der Waals surface area (Å²) >= 11 is 1.37. The maximum atomic E-state index is 12.9. The molecule has 1 amide bonds. The molecule has 2 heterocycles. The van der Waals surface area contributed by atoms with Crippen molar-refractivity contribution in [2.75, 3.05) is 25.0 Å². The molecule has 1 fully saturated rings. The third-order valence-electron chi connectivity index (χ3n) is 5.21. The van der Waals surface area contributed by atoms with Crippen molar-refractivity contribution in [3.05, 3.63) is 41.3 Å². The number of anilines is 1. The molecule has 6 heteroatoms. The van der Waals surface area contributed by atoms with Crippen LogP contribution in [0.3, 0.4) is 0 Å². The Kier molecular flexibility index (Phi) is 6.86. The van der Waals surface area contributed by atoms with Gasteiger partial charge in [-0.1, -0.05) is 37.3 Å². The van der Waals surface area contributed by atoms with Gasteiger partial charge in [0.05, 0.1) is 12.6 Å². The van der Waals surface area contributed by atoms with Crippen molar-refractivity contribution < 1.29 is 14.3 Å². The largest absolute Gasteiger partial charge is 0.462 e. The van der Waals surface area contributed by atoms with Crippen LogP contribution in [0.15, 0.2) is 35.7 Å². The van der Waals surface area contributed by atoms with Gasteiger partial charge in [0.15, 0.2) is 0 Å². The topological polar surface area (TPSA) is 58.6 Å². The number of carbonyl (C=O) groups excluding carboxylic acids is 2. The number of benzene rings is 1. The van der Waals surface area contributed by atoms with E-state index < -0.39 is 5.97 Å².